The molecule has 0 spiro atoms. The second-order valence-corrected chi connectivity index (χ2v) is 11.5. The average Bonchev–Trinajstić information content (AvgIpc) is 2.87. The number of esters is 1. The van der Waals surface area contributed by atoms with Crippen LogP contribution < -0.4 is 15.9 Å². The Morgan fingerprint density at radius 2 is 1.31 bits per heavy atom. The Bertz CT molecular complexity index is 1080. The Balaban J connectivity index is 1.88. The van der Waals surface area contributed by atoms with E-state index >= 15 is 0 Å². The fraction of sp³-hybridized carbons (Fsp3) is 0.0714. The first kappa shape index (κ1) is 21.7. The van der Waals surface area contributed by atoms with Gasteiger partial charge < -0.3 is 0 Å². The van der Waals surface area contributed by atoms with E-state index in [0.29, 0.717) is 5.56 Å². The molecule has 3 aromatic carbocycles. The van der Waals surface area contributed by atoms with Crippen molar-refractivity contribution in [2.45, 2.75) is 6.16 Å². The molecule has 0 atom stereocenters. The van der Waals surface area contributed by atoms with Crippen molar-refractivity contribution in [3.63, 3.8) is 0 Å². The molecule has 0 aliphatic rings. The van der Waals surface area contributed by atoms with E-state index < -0.39 is 7.26 Å². The molecule has 32 heavy (non-hydrogen) atoms. The van der Waals surface area contributed by atoms with Gasteiger partial charge in [0.05, 0.1) is 0 Å². The van der Waals surface area contributed by atoms with Crippen LogP contribution in [0.25, 0.3) is 0 Å². The van der Waals surface area contributed by atoms with Gasteiger partial charge in [-0.15, -0.1) is 0 Å². The van der Waals surface area contributed by atoms with E-state index in [4.69, 9.17) is 4.74 Å². The first-order valence-corrected chi connectivity index (χ1v) is 12.8. The van der Waals surface area contributed by atoms with Gasteiger partial charge in [0, 0.05) is 0 Å². The first-order valence-electron chi connectivity index (χ1n) is 10.6. The Kier molecular flexibility index (Phi) is 6.89. The summed E-state index contributed by atoms with van der Waals surface area (Å²) < 4.78 is 5.24. The van der Waals surface area contributed by atoms with E-state index in [1.165, 1.54) is 15.9 Å². The third-order valence-corrected chi connectivity index (χ3v) is 10.5. The predicted octanol–water partition coefficient (Wildman–Crippen LogP) is 4.65. The Morgan fingerprint density at radius 1 is 0.812 bits per heavy atom. The minimum atomic E-state index is -2.48. The third kappa shape index (κ3) is 4.54. The molecule has 4 rings (SSSR count). The number of carbonyl (C=O) groups excluding carboxylic acids is 1. The van der Waals surface area contributed by atoms with Crippen molar-refractivity contribution in [2.75, 3.05) is 6.61 Å². The summed E-state index contributed by atoms with van der Waals surface area (Å²) in [6.45, 7) is 3.80. The normalized spacial score (nSPS) is 11.5. The molecule has 0 aliphatic heterocycles. The number of nitrogens with zero attached hydrogens (tertiary/aromatic N) is 1. The predicted molar refractivity (Wildman–Crippen MR) is 135 cm³/mol. The van der Waals surface area contributed by atoms with Gasteiger partial charge in [0.25, 0.3) is 0 Å². The summed E-state index contributed by atoms with van der Waals surface area (Å²) in [4.78, 5) is 17.1. The molecular weight excluding hydrogens is 413 g/mol. The van der Waals surface area contributed by atoms with E-state index in [0.717, 1.165) is 11.9 Å². The molecule has 0 saturated heterocycles. The standard InChI is InChI=1S/C28H26NO2P/c1-2-20-31-28(30)23-18-19-29-24(21-23)22-32(25-12-6-3-7-13-25,26-14-8-4-9-15-26)27-16-10-5-11-17-27/h2-19,21,32H,1,20,22H2. The van der Waals surface area contributed by atoms with E-state index in [1.807, 2.05) is 24.3 Å². The topological polar surface area (TPSA) is 39.2 Å². The molecule has 0 bridgehead atoms. The number of carbonyl (C=O) groups is 1. The molecule has 4 aromatic rings. The number of ether oxygens (including phenoxy) is 1. The summed E-state index contributed by atoms with van der Waals surface area (Å²) in [5.74, 6) is -0.361. The zero-order valence-electron chi connectivity index (χ0n) is 17.9. The van der Waals surface area contributed by atoms with Gasteiger partial charge >= 0.3 is 190 Å². The average molecular weight is 439 g/mol. The molecule has 0 fully saturated rings. The van der Waals surface area contributed by atoms with Crippen LogP contribution in [-0.4, -0.2) is 17.6 Å². The molecule has 160 valence electrons. The van der Waals surface area contributed by atoms with Crippen molar-refractivity contribution in [3.05, 3.63) is 133 Å². The molecule has 1 heterocycles. The number of hydrogen-bond acceptors (Lipinski definition) is 3. The first-order chi connectivity index (χ1) is 15.7. The van der Waals surface area contributed by atoms with Crippen molar-refractivity contribution in [2.24, 2.45) is 0 Å². The van der Waals surface area contributed by atoms with Crippen molar-refractivity contribution in [1.82, 2.24) is 4.98 Å². The van der Waals surface area contributed by atoms with Crippen LogP contribution in [0.4, 0.5) is 0 Å². The third-order valence-electron chi connectivity index (χ3n) is 5.63. The molecule has 0 amide bonds. The molecule has 0 radical (unpaired) electrons. The Morgan fingerprint density at radius 3 is 1.78 bits per heavy atom. The van der Waals surface area contributed by atoms with E-state index in [-0.39, 0.29) is 12.6 Å². The SMILES string of the molecule is C=CCOC(=O)c1ccnc(C[PH](c2ccccc2)(c2ccccc2)c2ccccc2)c1. The molecule has 0 N–H and O–H groups in total. The van der Waals surface area contributed by atoms with Crippen molar-refractivity contribution in [1.29, 1.82) is 0 Å². The summed E-state index contributed by atoms with van der Waals surface area (Å²) in [7, 11) is -2.48. The minimum absolute atomic E-state index is 0.188. The fourth-order valence-electron chi connectivity index (χ4n) is 4.17. The van der Waals surface area contributed by atoms with Crippen molar-refractivity contribution in [3.8, 4) is 0 Å². The number of aromatic nitrogens is 1. The van der Waals surface area contributed by atoms with Crippen molar-refractivity contribution >= 4 is 29.1 Å². The fourth-order valence-corrected chi connectivity index (χ4v) is 8.80. The van der Waals surface area contributed by atoms with Gasteiger partial charge in [-0.05, 0) is 0 Å². The van der Waals surface area contributed by atoms with Crippen LogP contribution in [-0.2, 0) is 10.9 Å². The van der Waals surface area contributed by atoms with Gasteiger partial charge in [0.15, 0.2) is 0 Å². The van der Waals surface area contributed by atoms with E-state index in [9.17, 15) is 4.79 Å². The zero-order chi connectivity index (χ0) is 22.2. The second-order valence-electron chi connectivity index (χ2n) is 7.60. The number of pyridine rings is 1. The van der Waals surface area contributed by atoms with E-state index in [2.05, 4.69) is 84.4 Å². The van der Waals surface area contributed by atoms with Crippen molar-refractivity contribution < 1.29 is 9.53 Å². The Hall–Kier alpha value is -3.55. The van der Waals surface area contributed by atoms with Gasteiger partial charge in [-0.3, -0.25) is 0 Å². The van der Waals surface area contributed by atoms with E-state index in [1.54, 1.807) is 18.3 Å². The number of hydrogen-bond donors (Lipinski definition) is 0. The van der Waals surface area contributed by atoms with Crippen LogP contribution in [0.2, 0.25) is 0 Å². The summed E-state index contributed by atoms with van der Waals surface area (Å²) >= 11 is 0. The number of rotatable bonds is 8. The second kappa shape index (κ2) is 10.2. The molecule has 0 unspecified atom stereocenters. The molecular formula is C28H26NO2P. The van der Waals surface area contributed by atoms with Crippen LogP contribution in [0, 0.1) is 0 Å². The monoisotopic (exact) mass is 439 g/mol. The molecule has 1 aromatic heterocycles. The quantitative estimate of drug-likeness (QED) is 0.228. The van der Waals surface area contributed by atoms with Crippen LogP contribution in [0.15, 0.2) is 122 Å². The van der Waals surface area contributed by atoms with Crippen LogP contribution in [0.5, 0.6) is 0 Å². The maximum atomic E-state index is 12.4. The zero-order valence-corrected chi connectivity index (χ0v) is 18.9. The summed E-state index contributed by atoms with van der Waals surface area (Å²) in [6, 6.07) is 35.6. The molecule has 0 saturated carbocycles. The van der Waals surface area contributed by atoms with Crippen LogP contribution >= 0.6 is 7.26 Å². The number of benzene rings is 3. The Labute approximate surface area is 189 Å². The molecule has 3 nitrogen and oxygen atoms in total. The molecule has 4 heteroatoms. The van der Waals surface area contributed by atoms with Crippen LogP contribution in [0.3, 0.4) is 0 Å². The summed E-state index contributed by atoms with van der Waals surface area (Å²) in [5.41, 5.74) is 1.38. The summed E-state index contributed by atoms with van der Waals surface area (Å²) in [6.07, 6.45) is 3.99. The van der Waals surface area contributed by atoms with Crippen LogP contribution in [0.1, 0.15) is 16.1 Å². The summed E-state index contributed by atoms with van der Waals surface area (Å²) in [5, 5.41) is 3.91. The van der Waals surface area contributed by atoms with Gasteiger partial charge in [-0.25, -0.2) is 0 Å². The maximum absolute atomic E-state index is 12.4. The van der Waals surface area contributed by atoms with Gasteiger partial charge in [0.2, 0.25) is 0 Å². The van der Waals surface area contributed by atoms with Gasteiger partial charge in [0.1, 0.15) is 0 Å². The van der Waals surface area contributed by atoms with Gasteiger partial charge in [-0.2, -0.15) is 0 Å². The molecule has 0 aliphatic carbocycles. The van der Waals surface area contributed by atoms with Gasteiger partial charge in [-0.1, -0.05) is 0 Å².